The van der Waals surface area contributed by atoms with E-state index >= 15 is 0 Å². The van der Waals surface area contributed by atoms with Crippen LogP contribution in [0.25, 0.3) is 0 Å². The van der Waals surface area contributed by atoms with Crippen LogP contribution in [0.2, 0.25) is 0 Å². The summed E-state index contributed by atoms with van der Waals surface area (Å²) in [5.74, 6) is 4.07. The third-order valence-electron chi connectivity index (χ3n) is 8.84. The molecule has 10 nitrogen and oxygen atoms in total. The molecule has 2 aromatic heterocycles. The molecule has 0 atom stereocenters. The van der Waals surface area contributed by atoms with Crippen molar-refractivity contribution in [3.8, 4) is 0 Å². The van der Waals surface area contributed by atoms with Gasteiger partial charge in [-0.25, -0.2) is 4.98 Å². The van der Waals surface area contributed by atoms with Crippen LogP contribution in [-0.2, 0) is 12.8 Å². The Morgan fingerprint density at radius 3 is 1.06 bits per heavy atom. The maximum atomic E-state index is 4.90. The number of hydrogen-bond acceptors (Lipinski definition) is 10. The van der Waals surface area contributed by atoms with Crippen LogP contribution in [0.1, 0.15) is 73.4 Å². The lowest BCUT2D eigenvalue weighted by Crippen LogP contribution is -2.09. The molecular weight excluding hydrogens is 669 g/mol. The lowest BCUT2D eigenvalue weighted by Gasteiger charge is -2.13. The van der Waals surface area contributed by atoms with Crippen molar-refractivity contribution in [1.29, 1.82) is 0 Å². The summed E-state index contributed by atoms with van der Waals surface area (Å²) in [6.45, 7) is 8.76. The maximum Gasteiger partial charge on any atom is 0.233 e. The zero-order chi connectivity index (χ0) is 37.3. The molecule has 54 heavy (non-hydrogen) atoms. The number of hydrogen-bond donors (Lipinski definition) is 4. The van der Waals surface area contributed by atoms with Gasteiger partial charge < -0.3 is 21.3 Å². The van der Waals surface area contributed by atoms with E-state index in [4.69, 9.17) is 19.9 Å². The number of aromatic nitrogens is 6. The molecule has 10 heteroatoms. The molecule has 0 saturated carbocycles. The summed E-state index contributed by atoms with van der Waals surface area (Å²) < 4.78 is 0. The first-order chi connectivity index (χ1) is 26.3. The molecular formula is C44H44N10. The van der Waals surface area contributed by atoms with Gasteiger partial charge in [-0.1, -0.05) is 113 Å². The molecule has 0 amide bonds. The second-order valence-corrected chi connectivity index (χ2v) is 13.8. The summed E-state index contributed by atoms with van der Waals surface area (Å²) in [5, 5.41) is 13.4. The largest absolute Gasteiger partial charge is 0.324 e. The Hall–Kier alpha value is -6.68. The van der Waals surface area contributed by atoms with Crippen LogP contribution in [0.5, 0.6) is 0 Å². The average molecular weight is 713 g/mol. The van der Waals surface area contributed by atoms with Gasteiger partial charge in [0.05, 0.1) is 0 Å². The summed E-state index contributed by atoms with van der Waals surface area (Å²) >= 11 is 0. The summed E-state index contributed by atoms with van der Waals surface area (Å²) in [5.41, 5.74) is 8.29. The summed E-state index contributed by atoms with van der Waals surface area (Å²) in [6.07, 6.45) is 1.14. The van der Waals surface area contributed by atoms with Gasteiger partial charge in [-0.05, 0) is 82.6 Å². The smallest absolute Gasteiger partial charge is 0.233 e. The van der Waals surface area contributed by atoms with Crippen molar-refractivity contribution in [3.05, 3.63) is 167 Å². The number of nitrogens with one attached hydrogen (secondary N) is 4. The molecule has 0 aliphatic heterocycles. The highest BCUT2D eigenvalue weighted by molar-refractivity contribution is 5.62. The number of nitrogens with zero attached hydrogens (tertiary/aromatic N) is 6. The molecule has 270 valence electrons. The van der Waals surface area contributed by atoms with E-state index in [2.05, 4.69) is 107 Å². The fraction of sp³-hybridized carbons (Fsp3) is 0.182. The van der Waals surface area contributed by atoms with Crippen LogP contribution < -0.4 is 21.3 Å². The van der Waals surface area contributed by atoms with E-state index in [1.54, 1.807) is 0 Å². The van der Waals surface area contributed by atoms with E-state index < -0.39 is 0 Å². The van der Waals surface area contributed by atoms with E-state index in [1.165, 1.54) is 11.1 Å². The predicted molar refractivity (Wildman–Crippen MR) is 219 cm³/mol. The van der Waals surface area contributed by atoms with E-state index in [0.717, 1.165) is 33.9 Å². The maximum absolute atomic E-state index is 4.90. The van der Waals surface area contributed by atoms with Crippen molar-refractivity contribution in [2.45, 2.75) is 52.4 Å². The Labute approximate surface area is 316 Å². The Balaban J connectivity index is 1.10. The molecule has 5 aromatic carbocycles. The molecule has 0 aliphatic rings. The van der Waals surface area contributed by atoms with E-state index in [9.17, 15) is 0 Å². The van der Waals surface area contributed by atoms with Gasteiger partial charge in [-0.2, -0.15) is 24.9 Å². The van der Waals surface area contributed by atoms with Gasteiger partial charge in [-0.15, -0.1) is 0 Å². The number of anilines is 8. The second-order valence-electron chi connectivity index (χ2n) is 13.8. The molecule has 0 saturated heterocycles. The SMILES string of the molecule is CC(C)c1ccc(Cc2nc(Cc3ccc(Nc4nc(Nc5ccccc5)nc(Nc5ccc(C(C)C)cc5)n4)cc3)nc(Nc3ccccc3)n2)cc1. The molecule has 0 unspecified atom stereocenters. The molecule has 0 radical (unpaired) electrons. The van der Waals surface area contributed by atoms with Crippen molar-refractivity contribution >= 4 is 46.5 Å². The van der Waals surface area contributed by atoms with E-state index in [1.807, 2.05) is 84.9 Å². The molecule has 7 aromatic rings. The predicted octanol–water partition coefficient (Wildman–Crippen LogP) is 10.5. The lowest BCUT2D eigenvalue weighted by molar-refractivity contribution is 0.850. The quantitative estimate of drug-likeness (QED) is 0.0865. The lowest BCUT2D eigenvalue weighted by atomic mass is 10.0. The fourth-order valence-corrected chi connectivity index (χ4v) is 5.83. The minimum atomic E-state index is 0.401. The summed E-state index contributed by atoms with van der Waals surface area (Å²) in [6, 6.07) is 44.9. The second kappa shape index (κ2) is 16.8. The monoisotopic (exact) mass is 712 g/mol. The van der Waals surface area contributed by atoms with Gasteiger partial charge in [0.2, 0.25) is 23.8 Å². The Morgan fingerprint density at radius 2 is 0.667 bits per heavy atom. The first kappa shape index (κ1) is 35.7. The highest BCUT2D eigenvalue weighted by atomic mass is 15.3. The Bertz CT molecular complexity index is 2090. The summed E-state index contributed by atoms with van der Waals surface area (Å²) in [4.78, 5) is 28.5. The van der Waals surface area contributed by atoms with E-state index in [0.29, 0.717) is 60.1 Å². The molecule has 0 bridgehead atoms. The summed E-state index contributed by atoms with van der Waals surface area (Å²) in [7, 11) is 0. The third-order valence-corrected chi connectivity index (χ3v) is 8.84. The highest BCUT2D eigenvalue weighted by Gasteiger charge is 2.12. The van der Waals surface area contributed by atoms with Crippen molar-refractivity contribution in [3.63, 3.8) is 0 Å². The number of rotatable bonds is 14. The number of benzene rings is 5. The van der Waals surface area contributed by atoms with Crippen LogP contribution in [-0.4, -0.2) is 29.9 Å². The number of para-hydroxylation sites is 2. The van der Waals surface area contributed by atoms with Crippen LogP contribution in [0.15, 0.2) is 133 Å². The van der Waals surface area contributed by atoms with Crippen LogP contribution in [0.4, 0.5) is 46.5 Å². The van der Waals surface area contributed by atoms with Crippen molar-refractivity contribution in [2.75, 3.05) is 21.3 Å². The molecule has 0 spiro atoms. The normalized spacial score (nSPS) is 11.1. The van der Waals surface area contributed by atoms with Crippen LogP contribution in [0, 0.1) is 0 Å². The molecule has 7 rings (SSSR count). The standard InChI is InChI=1S/C44H44N10/c1-29(2)33-19-15-31(16-20-33)27-39-49-40(51-41(50-39)45-35-11-7-5-8-12-35)28-32-17-23-37(24-18-32)47-43-52-42(46-36-13-9-6-10-14-36)53-44(54-43)48-38-25-21-34(22-26-38)30(3)4/h5-26,29-30H,27-28H2,1-4H3,(H,45,49,50,51)(H3,46,47,48,52,53,54). The zero-order valence-corrected chi connectivity index (χ0v) is 31.0. The third kappa shape index (κ3) is 9.80. The topological polar surface area (TPSA) is 125 Å². The highest BCUT2D eigenvalue weighted by Crippen LogP contribution is 2.24. The molecule has 0 aliphatic carbocycles. The van der Waals surface area contributed by atoms with Crippen molar-refractivity contribution in [1.82, 2.24) is 29.9 Å². The molecule has 2 heterocycles. The minimum absolute atomic E-state index is 0.401. The van der Waals surface area contributed by atoms with Crippen LogP contribution in [0.3, 0.4) is 0 Å². The minimum Gasteiger partial charge on any atom is -0.324 e. The molecule has 4 N–H and O–H groups in total. The van der Waals surface area contributed by atoms with Gasteiger partial charge in [0.25, 0.3) is 0 Å². The van der Waals surface area contributed by atoms with Gasteiger partial charge in [0.1, 0.15) is 11.6 Å². The Kier molecular flexibility index (Phi) is 11.1. The van der Waals surface area contributed by atoms with Crippen LogP contribution >= 0.6 is 0 Å². The van der Waals surface area contributed by atoms with Crippen molar-refractivity contribution < 1.29 is 0 Å². The first-order valence-electron chi connectivity index (χ1n) is 18.3. The molecule has 0 fully saturated rings. The van der Waals surface area contributed by atoms with E-state index in [-0.39, 0.29) is 0 Å². The fourth-order valence-electron chi connectivity index (χ4n) is 5.83. The zero-order valence-electron chi connectivity index (χ0n) is 31.0. The average Bonchev–Trinajstić information content (AvgIpc) is 3.17. The van der Waals surface area contributed by atoms with Gasteiger partial charge in [0, 0.05) is 35.6 Å². The Morgan fingerprint density at radius 1 is 0.352 bits per heavy atom. The van der Waals surface area contributed by atoms with Gasteiger partial charge in [-0.3, -0.25) is 0 Å². The van der Waals surface area contributed by atoms with Crippen molar-refractivity contribution in [2.24, 2.45) is 0 Å². The van der Waals surface area contributed by atoms with Gasteiger partial charge >= 0.3 is 0 Å². The first-order valence-corrected chi connectivity index (χ1v) is 18.3. The van der Waals surface area contributed by atoms with Gasteiger partial charge in [0.15, 0.2) is 0 Å².